The molecule has 1 aromatic heterocycles. The number of hydrogen-bond acceptors (Lipinski definition) is 6. The van der Waals surface area contributed by atoms with Crippen molar-refractivity contribution < 1.29 is 13.2 Å². The number of thiazole rings is 1. The first-order valence-corrected chi connectivity index (χ1v) is 10.7. The number of aromatic nitrogens is 1. The summed E-state index contributed by atoms with van der Waals surface area (Å²) in [6.07, 6.45) is 0.530. The van der Waals surface area contributed by atoms with E-state index in [1.54, 1.807) is 11.3 Å². The van der Waals surface area contributed by atoms with Crippen LogP contribution in [0.5, 0.6) is 0 Å². The molecule has 21 heavy (non-hydrogen) atoms. The molecule has 1 saturated heterocycles. The van der Waals surface area contributed by atoms with Gasteiger partial charge in [0.15, 0.2) is 9.84 Å². The maximum Gasteiger partial charge on any atom is 0.230 e. The molecule has 0 radical (unpaired) electrons. The molecule has 2 rings (SSSR count). The molecule has 1 aromatic rings. The predicted molar refractivity (Wildman–Crippen MR) is 87.6 cm³/mol. The van der Waals surface area contributed by atoms with Gasteiger partial charge in [0.1, 0.15) is 0 Å². The molecule has 0 bridgehead atoms. The fourth-order valence-corrected chi connectivity index (χ4v) is 5.42. The van der Waals surface area contributed by atoms with Crippen molar-refractivity contribution in [3.63, 3.8) is 0 Å². The van der Waals surface area contributed by atoms with E-state index in [1.807, 2.05) is 5.38 Å². The van der Waals surface area contributed by atoms with Crippen LogP contribution in [0.3, 0.4) is 0 Å². The molecule has 1 aliphatic heterocycles. The van der Waals surface area contributed by atoms with Gasteiger partial charge in [-0.3, -0.25) is 4.79 Å². The average molecular weight is 349 g/mol. The molecule has 0 spiro atoms. The highest BCUT2D eigenvalue weighted by Gasteiger charge is 2.28. The molecule has 0 aliphatic carbocycles. The Labute approximate surface area is 133 Å². The van der Waals surface area contributed by atoms with E-state index in [0.717, 1.165) is 10.7 Å². The first-order chi connectivity index (χ1) is 9.85. The SMILES string of the molecule is CC(C)c1nc(CSCC(=O)NC2CCS(=O)(=O)C2)cs1. The smallest absolute Gasteiger partial charge is 0.230 e. The molecule has 1 atom stereocenters. The summed E-state index contributed by atoms with van der Waals surface area (Å²) in [5.74, 6) is 1.64. The molecule has 0 aromatic carbocycles. The lowest BCUT2D eigenvalue weighted by atomic mass is 10.2. The number of amides is 1. The minimum atomic E-state index is -2.94. The number of nitrogens with one attached hydrogen (secondary N) is 1. The standard InChI is InChI=1S/C13H20N2O3S3/c1-9(2)13-15-11(6-20-13)5-19-7-12(16)14-10-3-4-21(17,18)8-10/h6,9-10H,3-5,7-8H2,1-2H3,(H,14,16). The van der Waals surface area contributed by atoms with E-state index in [2.05, 4.69) is 24.1 Å². The quantitative estimate of drug-likeness (QED) is 0.848. The normalized spacial score (nSPS) is 20.8. The number of thioether (sulfide) groups is 1. The van der Waals surface area contributed by atoms with Crippen molar-refractivity contribution in [1.29, 1.82) is 0 Å². The second kappa shape index (κ2) is 7.11. The zero-order chi connectivity index (χ0) is 15.5. The second-order valence-electron chi connectivity index (χ2n) is 5.49. The molecule has 1 unspecified atom stereocenters. The van der Waals surface area contributed by atoms with E-state index in [1.165, 1.54) is 11.8 Å². The van der Waals surface area contributed by atoms with Gasteiger partial charge in [-0.25, -0.2) is 13.4 Å². The number of nitrogens with zero attached hydrogens (tertiary/aromatic N) is 1. The van der Waals surface area contributed by atoms with Crippen LogP contribution < -0.4 is 5.32 Å². The third kappa shape index (κ3) is 5.27. The van der Waals surface area contributed by atoms with E-state index < -0.39 is 9.84 Å². The van der Waals surface area contributed by atoms with E-state index in [0.29, 0.717) is 23.8 Å². The van der Waals surface area contributed by atoms with Crippen molar-refractivity contribution in [3.8, 4) is 0 Å². The van der Waals surface area contributed by atoms with Gasteiger partial charge in [0.05, 0.1) is 28.0 Å². The molecule has 0 saturated carbocycles. The van der Waals surface area contributed by atoms with Crippen molar-refractivity contribution in [1.82, 2.24) is 10.3 Å². The number of sulfone groups is 1. The molecule has 1 fully saturated rings. The van der Waals surface area contributed by atoms with Crippen LogP contribution in [0, 0.1) is 0 Å². The first-order valence-electron chi connectivity index (χ1n) is 6.87. The van der Waals surface area contributed by atoms with Gasteiger partial charge in [0.25, 0.3) is 0 Å². The van der Waals surface area contributed by atoms with Crippen LogP contribution in [0.1, 0.15) is 36.9 Å². The Morgan fingerprint density at radius 1 is 1.57 bits per heavy atom. The Bertz CT molecular complexity index is 596. The first kappa shape index (κ1) is 16.8. The summed E-state index contributed by atoms with van der Waals surface area (Å²) >= 11 is 3.16. The van der Waals surface area contributed by atoms with Crippen molar-refractivity contribution in [2.24, 2.45) is 0 Å². The fourth-order valence-electron chi connectivity index (χ4n) is 2.08. The Hall–Kier alpha value is -0.600. The summed E-state index contributed by atoms with van der Waals surface area (Å²) in [5, 5.41) is 5.94. The Balaban J connectivity index is 1.69. The summed E-state index contributed by atoms with van der Waals surface area (Å²) in [6, 6.07) is -0.213. The zero-order valence-corrected chi connectivity index (χ0v) is 14.6. The fraction of sp³-hybridized carbons (Fsp3) is 0.692. The molecule has 8 heteroatoms. The van der Waals surface area contributed by atoms with E-state index in [4.69, 9.17) is 0 Å². The molecule has 1 amide bonds. The molecule has 1 aliphatic rings. The van der Waals surface area contributed by atoms with E-state index in [9.17, 15) is 13.2 Å². The van der Waals surface area contributed by atoms with Gasteiger partial charge in [-0.1, -0.05) is 13.8 Å². The molecule has 1 N–H and O–H groups in total. The largest absolute Gasteiger partial charge is 0.352 e. The highest BCUT2D eigenvalue weighted by molar-refractivity contribution is 7.99. The molecule has 2 heterocycles. The van der Waals surface area contributed by atoms with Crippen molar-refractivity contribution >= 4 is 38.8 Å². The highest BCUT2D eigenvalue weighted by Crippen LogP contribution is 2.21. The molecule has 118 valence electrons. The van der Waals surface area contributed by atoms with Crippen LogP contribution in [0.2, 0.25) is 0 Å². The lowest BCUT2D eigenvalue weighted by Gasteiger charge is -2.10. The third-order valence-electron chi connectivity index (χ3n) is 3.14. The topological polar surface area (TPSA) is 76.1 Å². The summed E-state index contributed by atoms with van der Waals surface area (Å²) in [5.41, 5.74) is 1.00. The number of carbonyl (C=O) groups excluding carboxylic acids is 1. The van der Waals surface area contributed by atoms with Crippen LogP contribution in [0.25, 0.3) is 0 Å². The van der Waals surface area contributed by atoms with Crippen LogP contribution in [-0.4, -0.2) is 42.6 Å². The van der Waals surface area contributed by atoms with Gasteiger partial charge in [-0.15, -0.1) is 23.1 Å². The summed E-state index contributed by atoms with van der Waals surface area (Å²) in [7, 11) is -2.94. The zero-order valence-electron chi connectivity index (χ0n) is 12.2. The highest BCUT2D eigenvalue weighted by atomic mass is 32.2. The van der Waals surface area contributed by atoms with Crippen molar-refractivity contribution in [2.75, 3.05) is 17.3 Å². The van der Waals surface area contributed by atoms with Crippen LogP contribution in [0.4, 0.5) is 0 Å². The third-order valence-corrected chi connectivity index (χ3v) is 7.07. The van der Waals surface area contributed by atoms with Gasteiger partial charge < -0.3 is 5.32 Å². The van der Waals surface area contributed by atoms with Gasteiger partial charge >= 0.3 is 0 Å². The van der Waals surface area contributed by atoms with Gasteiger partial charge in [-0.05, 0) is 6.42 Å². The van der Waals surface area contributed by atoms with Crippen LogP contribution in [0.15, 0.2) is 5.38 Å². The minimum Gasteiger partial charge on any atom is -0.352 e. The number of hydrogen-bond donors (Lipinski definition) is 1. The lowest BCUT2D eigenvalue weighted by Crippen LogP contribution is -2.36. The molecular weight excluding hydrogens is 328 g/mol. The van der Waals surface area contributed by atoms with Gasteiger partial charge in [-0.2, -0.15) is 0 Å². The van der Waals surface area contributed by atoms with Crippen LogP contribution in [-0.2, 0) is 20.4 Å². The Morgan fingerprint density at radius 2 is 2.33 bits per heavy atom. The Morgan fingerprint density at radius 3 is 2.90 bits per heavy atom. The predicted octanol–water partition coefficient (Wildman–Crippen LogP) is 1.80. The maximum atomic E-state index is 11.8. The van der Waals surface area contributed by atoms with Crippen LogP contribution >= 0.6 is 23.1 Å². The summed E-state index contributed by atoms with van der Waals surface area (Å²) < 4.78 is 22.6. The maximum absolute atomic E-state index is 11.8. The minimum absolute atomic E-state index is 0.0766. The number of rotatable bonds is 6. The number of carbonyl (C=O) groups is 1. The Kier molecular flexibility index (Phi) is 5.67. The lowest BCUT2D eigenvalue weighted by molar-refractivity contribution is -0.119. The second-order valence-corrected chi connectivity index (χ2v) is 9.60. The van der Waals surface area contributed by atoms with Gasteiger partial charge in [0, 0.05) is 23.1 Å². The van der Waals surface area contributed by atoms with E-state index >= 15 is 0 Å². The van der Waals surface area contributed by atoms with Crippen molar-refractivity contribution in [3.05, 3.63) is 16.1 Å². The van der Waals surface area contributed by atoms with Gasteiger partial charge in [0.2, 0.25) is 5.91 Å². The summed E-state index contributed by atoms with van der Waals surface area (Å²) in [4.78, 5) is 16.3. The van der Waals surface area contributed by atoms with Crippen molar-refractivity contribution in [2.45, 2.75) is 38.0 Å². The average Bonchev–Trinajstić information content (AvgIpc) is 2.96. The monoisotopic (exact) mass is 348 g/mol. The molecule has 5 nitrogen and oxygen atoms in total. The van der Waals surface area contributed by atoms with E-state index in [-0.39, 0.29) is 23.5 Å². The molecular formula is C13H20N2O3S3. The summed E-state index contributed by atoms with van der Waals surface area (Å²) in [6.45, 7) is 4.22.